The second kappa shape index (κ2) is 5.97. The lowest BCUT2D eigenvalue weighted by atomic mass is 10.2. The third kappa shape index (κ3) is 2.65. The van der Waals surface area contributed by atoms with E-state index in [0.717, 1.165) is 27.8 Å². The highest BCUT2D eigenvalue weighted by Crippen LogP contribution is 2.22. The number of aromatic nitrogens is 6. The van der Waals surface area contributed by atoms with E-state index in [2.05, 4.69) is 36.4 Å². The largest absolute Gasteiger partial charge is 0.324 e. The molecule has 7 nitrogen and oxygen atoms in total. The fourth-order valence-electron chi connectivity index (χ4n) is 2.95. The van der Waals surface area contributed by atoms with Crippen molar-refractivity contribution < 1.29 is 0 Å². The molecule has 0 radical (unpaired) electrons. The van der Waals surface area contributed by atoms with Gasteiger partial charge in [-0.25, -0.2) is 9.97 Å². The van der Waals surface area contributed by atoms with Crippen LogP contribution in [0.1, 0.15) is 5.56 Å². The number of benzene rings is 2. The summed E-state index contributed by atoms with van der Waals surface area (Å²) in [5.74, 6) is 3.09. The molecule has 0 aliphatic rings. The zero-order valence-corrected chi connectivity index (χ0v) is 14.1. The minimum atomic E-state index is 0.473. The first-order valence-electron chi connectivity index (χ1n) is 8.27. The fourth-order valence-corrected chi connectivity index (χ4v) is 2.95. The molecular formula is C20H13N7. The fraction of sp³-hybridized carbons (Fsp3) is 0. The Morgan fingerprint density at radius 1 is 1.07 bits per heavy atom. The predicted octanol–water partition coefficient (Wildman–Crippen LogP) is 3.42. The van der Waals surface area contributed by atoms with Crippen LogP contribution in [0, 0.1) is 12.3 Å². The molecule has 5 aromatic rings. The van der Waals surface area contributed by atoms with Gasteiger partial charge < -0.3 is 5.32 Å². The van der Waals surface area contributed by atoms with Crippen LogP contribution in [0.15, 0.2) is 61.2 Å². The summed E-state index contributed by atoms with van der Waals surface area (Å²) >= 11 is 0. The van der Waals surface area contributed by atoms with E-state index in [0.29, 0.717) is 17.1 Å². The summed E-state index contributed by atoms with van der Waals surface area (Å²) in [6.45, 7) is 0. The highest BCUT2D eigenvalue weighted by atomic mass is 15.2. The number of anilines is 2. The minimum absolute atomic E-state index is 0.473. The molecule has 0 bridgehead atoms. The minimum Gasteiger partial charge on any atom is -0.324 e. The number of rotatable bonds is 3. The third-order valence-corrected chi connectivity index (χ3v) is 4.28. The highest BCUT2D eigenvalue weighted by molar-refractivity contribution is 5.81. The van der Waals surface area contributed by atoms with Crippen molar-refractivity contribution in [2.24, 2.45) is 0 Å². The molecular weight excluding hydrogens is 338 g/mol. The molecule has 0 unspecified atom stereocenters. The van der Waals surface area contributed by atoms with E-state index < -0.39 is 0 Å². The smallest absolute Gasteiger partial charge is 0.229 e. The Morgan fingerprint density at radius 2 is 2.04 bits per heavy atom. The standard InChI is InChI=1S/C20H13N7/c1-2-13-4-3-5-15(8-13)24-20-21-11-18-19(25-20)27(12-22-18)16-7-6-14-10-23-26-17(14)9-16/h1,3-12H,(H,23,26)(H,21,24,25). The van der Waals surface area contributed by atoms with Crippen molar-refractivity contribution in [2.45, 2.75) is 0 Å². The average Bonchev–Trinajstić information content (AvgIpc) is 3.34. The lowest BCUT2D eigenvalue weighted by Crippen LogP contribution is -2.00. The van der Waals surface area contributed by atoms with Gasteiger partial charge in [0.2, 0.25) is 5.95 Å². The van der Waals surface area contributed by atoms with Crippen molar-refractivity contribution in [1.29, 1.82) is 0 Å². The van der Waals surface area contributed by atoms with E-state index in [1.165, 1.54) is 0 Å². The van der Waals surface area contributed by atoms with E-state index in [1.807, 2.05) is 47.0 Å². The molecule has 0 saturated heterocycles. The van der Waals surface area contributed by atoms with Crippen molar-refractivity contribution >= 4 is 33.7 Å². The van der Waals surface area contributed by atoms with Gasteiger partial charge in [0.1, 0.15) is 11.8 Å². The Bertz CT molecular complexity index is 1320. The first-order valence-corrected chi connectivity index (χ1v) is 8.27. The van der Waals surface area contributed by atoms with Gasteiger partial charge in [-0.3, -0.25) is 9.67 Å². The summed E-state index contributed by atoms with van der Waals surface area (Å²) in [4.78, 5) is 13.4. The van der Waals surface area contributed by atoms with Gasteiger partial charge in [0, 0.05) is 16.6 Å². The number of imidazole rings is 1. The molecule has 7 heteroatoms. The summed E-state index contributed by atoms with van der Waals surface area (Å²) in [7, 11) is 0. The van der Waals surface area contributed by atoms with Crippen molar-refractivity contribution in [3.8, 4) is 18.0 Å². The normalized spacial score (nSPS) is 10.9. The summed E-state index contributed by atoms with van der Waals surface area (Å²) in [5.41, 5.74) is 4.93. The number of fused-ring (bicyclic) bond motifs is 2. The van der Waals surface area contributed by atoms with Crippen molar-refractivity contribution in [3.63, 3.8) is 0 Å². The Kier molecular flexibility index (Phi) is 3.34. The van der Waals surface area contributed by atoms with Gasteiger partial charge >= 0.3 is 0 Å². The first kappa shape index (κ1) is 15.1. The van der Waals surface area contributed by atoms with Crippen LogP contribution in [0.5, 0.6) is 0 Å². The van der Waals surface area contributed by atoms with Crippen LogP contribution in [0.2, 0.25) is 0 Å². The van der Waals surface area contributed by atoms with E-state index in [9.17, 15) is 0 Å². The van der Waals surface area contributed by atoms with E-state index >= 15 is 0 Å². The molecule has 27 heavy (non-hydrogen) atoms. The Hall–Kier alpha value is -4.18. The quantitative estimate of drug-likeness (QED) is 0.487. The topological polar surface area (TPSA) is 84.3 Å². The number of nitrogens with zero attached hydrogens (tertiary/aromatic N) is 5. The monoisotopic (exact) mass is 351 g/mol. The molecule has 128 valence electrons. The SMILES string of the molecule is C#Cc1cccc(Nc2ncc3ncn(-c4ccc5cn[nH]c5c4)c3n2)c1. The van der Waals surface area contributed by atoms with Crippen LogP contribution in [0.25, 0.3) is 27.8 Å². The van der Waals surface area contributed by atoms with Crippen molar-refractivity contribution in [3.05, 3.63) is 66.7 Å². The van der Waals surface area contributed by atoms with Crippen molar-refractivity contribution in [2.75, 3.05) is 5.32 Å². The number of hydrogen-bond donors (Lipinski definition) is 2. The molecule has 5 rings (SSSR count). The Balaban J connectivity index is 1.56. The summed E-state index contributed by atoms with van der Waals surface area (Å²) in [6, 6.07) is 13.6. The number of terminal acetylenes is 1. The number of H-pyrrole nitrogens is 1. The van der Waals surface area contributed by atoms with Gasteiger partial charge in [-0.15, -0.1) is 6.42 Å². The molecule has 2 aromatic carbocycles. The maximum absolute atomic E-state index is 5.46. The molecule has 0 amide bonds. The molecule has 0 atom stereocenters. The first-order chi connectivity index (χ1) is 13.3. The maximum atomic E-state index is 5.46. The molecule has 0 saturated carbocycles. The molecule has 0 aliphatic carbocycles. The van der Waals surface area contributed by atoms with Crippen LogP contribution in [0.4, 0.5) is 11.6 Å². The van der Waals surface area contributed by atoms with Crippen LogP contribution in [0.3, 0.4) is 0 Å². The molecule has 0 aliphatic heterocycles. The van der Waals surface area contributed by atoms with Crippen LogP contribution < -0.4 is 5.32 Å². The van der Waals surface area contributed by atoms with Crippen LogP contribution in [-0.4, -0.2) is 29.7 Å². The zero-order chi connectivity index (χ0) is 18.2. The van der Waals surface area contributed by atoms with Crippen LogP contribution in [-0.2, 0) is 0 Å². The van der Waals surface area contributed by atoms with E-state index in [1.54, 1.807) is 18.7 Å². The molecule has 2 N–H and O–H groups in total. The van der Waals surface area contributed by atoms with Crippen molar-refractivity contribution in [1.82, 2.24) is 29.7 Å². The Labute approximate surface area is 154 Å². The number of aromatic amines is 1. The Morgan fingerprint density at radius 3 is 2.96 bits per heavy atom. The zero-order valence-electron chi connectivity index (χ0n) is 14.1. The second-order valence-electron chi connectivity index (χ2n) is 6.01. The lowest BCUT2D eigenvalue weighted by Gasteiger charge is -2.07. The van der Waals surface area contributed by atoms with E-state index in [-0.39, 0.29) is 0 Å². The number of nitrogens with one attached hydrogen (secondary N) is 2. The predicted molar refractivity (Wildman–Crippen MR) is 104 cm³/mol. The average molecular weight is 351 g/mol. The molecule has 0 fully saturated rings. The van der Waals surface area contributed by atoms with Gasteiger partial charge in [-0.1, -0.05) is 12.0 Å². The molecule has 0 spiro atoms. The van der Waals surface area contributed by atoms with Crippen LogP contribution >= 0.6 is 0 Å². The number of hydrogen-bond acceptors (Lipinski definition) is 5. The van der Waals surface area contributed by atoms with Gasteiger partial charge in [-0.05, 0) is 36.4 Å². The third-order valence-electron chi connectivity index (χ3n) is 4.28. The molecule has 3 heterocycles. The second-order valence-corrected chi connectivity index (χ2v) is 6.01. The summed E-state index contributed by atoms with van der Waals surface area (Å²) < 4.78 is 1.92. The summed E-state index contributed by atoms with van der Waals surface area (Å²) in [5, 5.41) is 11.3. The van der Waals surface area contributed by atoms with Gasteiger partial charge in [0.05, 0.1) is 23.6 Å². The van der Waals surface area contributed by atoms with Gasteiger partial charge in [0.15, 0.2) is 5.65 Å². The molecule has 3 aromatic heterocycles. The highest BCUT2D eigenvalue weighted by Gasteiger charge is 2.10. The van der Waals surface area contributed by atoms with Gasteiger partial charge in [-0.2, -0.15) is 10.1 Å². The summed E-state index contributed by atoms with van der Waals surface area (Å²) in [6.07, 6.45) is 10.7. The maximum Gasteiger partial charge on any atom is 0.229 e. The van der Waals surface area contributed by atoms with E-state index in [4.69, 9.17) is 6.42 Å². The van der Waals surface area contributed by atoms with Gasteiger partial charge in [0.25, 0.3) is 0 Å². The lowest BCUT2D eigenvalue weighted by molar-refractivity contribution is 1.06.